The van der Waals surface area contributed by atoms with Gasteiger partial charge in [0.25, 0.3) is 0 Å². The third kappa shape index (κ3) is 1.79. The predicted octanol–water partition coefficient (Wildman–Crippen LogP) is 3.64. The van der Waals surface area contributed by atoms with Gasteiger partial charge in [0.1, 0.15) is 5.17 Å². The molecular weight excluding hydrogens is 202 g/mol. The van der Waals surface area contributed by atoms with Crippen LogP contribution in [0.4, 0.5) is 0 Å². The number of fused-ring (bicyclic) bond motifs is 1. The minimum absolute atomic E-state index is 0.578. The fourth-order valence-corrected chi connectivity index (χ4v) is 2.28. The first-order chi connectivity index (χ1) is 6.27. The highest BCUT2D eigenvalue weighted by Crippen LogP contribution is 2.29. The second kappa shape index (κ2) is 3.56. The van der Waals surface area contributed by atoms with E-state index in [2.05, 4.69) is 4.99 Å². The molecule has 0 aliphatic carbocycles. The van der Waals surface area contributed by atoms with Gasteiger partial charge in [0.2, 0.25) is 0 Å². The van der Waals surface area contributed by atoms with E-state index < -0.39 is 0 Å². The smallest absolute Gasteiger partial charge is 0.137 e. The summed E-state index contributed by atoms with van der Waals surface area (Å²) in [4.78, 5) is 5.40. The molecular formula is C10H8ClNS. The SMILES string of the molecule is CC1=CSc2ccccc2C(Cl)=N1. The monoisotopic (exact) mass is 209 g/mol. The Labute approximate surface area is 86.5 Å². The number of thioether (sulfide) groups is 1. The first-order valence-corrected chi connectivity index (χ1v) is 5.20. The van der Waals surface area contributed by atoms with Crippen molar-refractivity contribution >= 4 is 28.5 Å². The molecule has 1 aromatic rings. The molecule has 0 amide bonds. The maximum atomic E-state index is 6.04. The maximum Gasteiger partial charge on any atom is 0.137 e. The predicted molar refractivity (Wildman–Crippen MR) is 58.4 cm³/mol. The van der Waals surface area contributed by atoms with Gasteiger partial charge in [0.05, 0.1) is 0 Å². The van der Waals surface area contributed by atoms with Gasteiger partial charge >= 0.3 is 0 Å². The molecule has 1 aliphatic heterocycles. The lowest BCUT2D eigenvalue weighted by Gasteiger charge is -2.01. The Morgan fingerprint density at radius 2 is 2.08 bits per heavy atom. The molecule has 0 N–H and O–H groups in total. The first kappa shape index (κ1) is 8.85. The van der Waals surface area contributed by atoms with E-state index in [0.717, 1.165) is 16.2 Å². The molecule has 2 rings (SSSR count). The Hall–Kier alpha value is -0.730. The maximum absolute atomic E-state index is 6.04. The van der Waals surface area contributed by atoms with Crippen LogP contribution in [0.2, 0.25) is 0 Å². The summed E-state index contributed by atoms with van der Waals surface area (Å²) in [5.74, 6) is 0. The van der Waals surface area contributed by atoms with Crippen LogP contribution >= 0.6 is 23.4 Å². The van der Waals surface area contributed by atoms with Gasteiger partial charge in [0.15, 0.2) is 0 Å². The van der Waals surface area contributed by atoms with Crippen LogP contribution in [0, 0.1) is 0 Å². The Bertz CT molecular complexity index is 396. The molecule has 0 fully saturated rings. The van der Waals surface area contributed by atoms with Crippen molar-refractivity contribution in [2.24, 2.45) is 4.99 Å². The zero-order valence-electron chi connectivity index (χ0n) is 7.12. The summed E-state index contributed by atoms with van der Waals surface area (Å²) in [6.07, 6.45) is 0. The second-order valence-corrected chi connectivity index (χ2v) is 4.05. The molecule has 0 saturated carbocycles. The number of benzene rings is 1. The fraction of sp³-hybridized carbons (Fsp3) is 0.100. The van der Waals surface area contributed by atoms with Crippen molar-refractivity contribution < 1.29 is 0 Å². The number of nitrogens with zero attached hydrogens (tertiary/aromatic N) is 1. The zero-order valence-corrected chi connectivity index (χ0v) is 8.69. The summed E-state index contributed by atoms with van der Waals surface area (Å²) < 4.78 is 0. The first-order valence-electron chi connectivity index (χ1n) is 3.94. The summed E-state index contributed by atoms with van der Waals surface area (Å²) in [6, 6.07) is 8.01. The van der Waals surface area contributed by atoms with Gasteiger partial charge in [-0.2, -0.15) is 0 Å². The quantitative estimate of drug-likeness (QED) is 0.636. The number of aliphatic imine (C=N–C) groups is 1. The van der Waals surface area contributed by atoms with Gasteiger partial charge < -0.3 is 0 Å². The number of hydrogen-bond donors (Lipinski definition) is 0. The molecule has 0 saturated heterocycles. The average Bonchev–Trinajstić information content (AvgIpc) is 2.27. The van der Waals surface area contributed by atoms with Gasteiger partial charge in [-0.3, -0.25) is 0 Å². The van der Waals surface area contributed by atoms with E-state index in [4.69, 9.17) is 11.6 Å². The topological polar surface area (TPSA) is 12.4 Å². The third-order valence-corrected chi connectivity index (χ3v) is 3.10. The molecule has 3 heteroatoms. The van der Waals surface area contributed by atoms with Gasteiger partial charge in [-0.15, -0.1) is 0 Å². The van der Waals surface area contributed by atoms with E-state index in [1.54, 1.807) is 11.8 Å². The van der Waals surface area contributed by atoms with Crippen molar-refractivity contribution in [3.8, 4) is 0 Å². The van der Waals surface area contributed by atoms with Crippen LogP contribution in [-0.4, -0.2) is 5.17 Å². The van der Waals surface area contributed by atoms with E-state index in [1.165, 1.54) is 0 Å². The molecule has 0 atom stereocenters. The molecule has 1 heterocycles. The van der Waals surface area contributed by atoms with E-state index in [-0.39, 0.29) is 0 Å². The van der Waals surface area contributed by atoms with Gasteiger partial charge in [-0.05, 0) is 18.4 Å². The van der Waals surface area contributed by atoms with Crippen LogP contribution in [0.3, 0.4) is 0 Å². The van der Waals surface area contributed by atoms with E-state index in [9.17, 15) is 0 Å². The van der Waals surface area contributed by atoms with Gasteiger partial charge in [-0.1, -0.05) is 41.6 Å². The van der Waals surface area contributed by atoms with Crippen LogP contribution in [0.25, 0.3) is 0 Å². The van der Waals surface area contributed by atoms with Crippen molar-refractivity contribution in [1.82, 2.24) is 0 Å². The van der Waals surface area contributed by atoms with E-state index in [1.807, 2.05) is 36.6 Å². The zero-order chi connectivity index (χ0) is 9.26. The number of hydrogen-bond acceptors (Lipinski definition) is 2. The number of allylic oxidation sites excluding steroid dienone is 1. The van der Waals surface area contributed by atoms with Crippen LogP contribution < -0.4 is 0 Å². The van der Waals surface area contributed by atoms with Crippen molar-refractivity contribution in [1.29, 1.82) is 0 Å². The molecule has 13 heavy (non-hydrogen) atoms. The van der Waals surface area contributed by atoms with Crippen molar-refractivity contribution in [2.75, 3.05) is 0 Å². The summed E-state index contributed by atoms with van der Waals surface area (Å²) >= 11 is 7.70. The van der Waals surface area contributed by atoms with Crippen molar-refractivity contribution in [3.63, 3.8) is 0 Å². The summed E-state index contributed by atoms with van der Waals surface area (Å²) in [7, 11) is 0. The minimum Gasteiger partial charge on any atom is -0.240 e. The minimum atomic E-state index is 0.578. The number of rotatable bonds is 0. The molecule has 0 radical (unpaired) electrons. The van der Waals surface area contributed by atoms with E-state index >= 15 is 0 Å². The van der Waals surface area contributed by atoms with Crippen molar-refractivity contribution in [2.45, 2.75) is 11.8 Å². The van der Waals surface area contributed by atoms with Crippen molar-refractivity contribution in [3.05, 3.63) is 40.9 Å². The van der Waals surface area contributed by atoms with Crippen LogP contribution in [0.15, 0.2) is 45.3 Å². The Kier molecular flexibility index (Phi) is 2.42. The summed E-state index contributed by atoms with van der Waals surface area (Å²) in [5, 5.41) is 2.59. The van der Waals surface area contributed by atoms with Gasteiger partial charge in [-0.25, -0.2) is 4.99 Å². The molecule has 1 aromatic carbocycles. The van der Waals surface area contributed by atoms with E-state index in [0.29, 0.717) is 5.17 Å². The molecule has 0 bridgehead atoms. The molecule has 0 spiro atoms. The highest BCUT2D eigenvalue weighted by Gasteiger charge is 2.09. The summed E-state index contributed by atoms with van der Waals surface area (Å²) in [6.45, 7) is 1.95. The Morgan fingerprint density at radius 3 is 2.92 bits per heavy atom. The highest BCUT2D eigenvalue weighted by molar-refractivity contribution is 8.02. The van der Waals surface area contributed by atoms with Crippen LogP contribution in [0.5, 0.6) is 0 Å². The second-order valence-electron chi connectivity index (χ2n) is 2.78. The van der Waals surface area contributed by atoms with Gasteiger partial charge in [0, 0.05) is 16.2 Å². The Balaban J connectivity index is 2.57. The lowest BCUT2D eigenvalue weighted by molar-refractivity contribution is 1.33. The normalized spacial score (nSPS) is 15.5. The van der Waals surface area contributed by atoms with Crippen LogP contribution in [-0.2, 0) is 0 Å². The highest BCUT2D eigenvalue weighted by atomic mass is 35.5. The molecule has 0 aromatic heterocycles. The standard InChI is InChI=1S/C10H8ClNS/c1-7-6-13-9-5-3-2-4-8(9)10(11)12-7/h2-6H,1H3. The largest absolute Gasteiger partial charge is 0.240 e. The average molecular weight is 210 g/mol. The Morgan fingerprint density at radius 1 is 1.31 bits per heavy atom. The molecule has 66 valence electrons. The fourth-order valence-electron chi connectivity index (χ4n) is 1.13. The summed E-state index contributed by atoms with van der Waals surface area (Å²) in [5.41, 5.74) is 1.97. The third-order valence-electron chi connectivity index (χ3n) is 1.74. The molecule has 0 unspecified atom stereocenters. The lowest BCUT2D eigenvalue weighted by atomic mass is 10.2. The number of halogens is 1. The lowest BCUT2D eigenvalue weighted by Crippen LogP contribution is -1.91. The molecule has 1 aliphatic rings. The van der Waals surface area contributed by atoms with Crippen LogP contribution in [0.1, 0.15) is 12.5 Å². The molecule has 1 nitrogen and oxygen atoms in total.